The van der Waals surface area contributed by atoms with Gasteiger partial charge in [-0.25, -0.2) is 15.4 Å². The third kappa shape index (κ3) is 4.26. The molecule has 4 atom stereocenters. The summed E-state index contributed by atoms with van der Waals surface area (Å²) in [6, 6.07) is 6.37. The maximum absolute atomic E-state index is 12.0. The van der Waals surface area contributed by atoms with Crippen LogP contribution in [0, 0.1) is 11.8 Å². The van der Waals surface area contributed by atoms with Crippen molar-refractivity contribution < 1.29 is 29.4 Å². The normalized spacial score (nSPS) is 21.6. The fourth-order valence-electron chi connectivity index (χ4n) is 3.42. The molecule has 4 rings (SSSR count). The molecule has 1 saturated heterocycles. The number of fused-ring (bicyclic) bond motifs is 1. The molecule has 13 nitrogen and oxygen atoms in total. The van der Waals surface area contributed by atoms with E-state index in [4.69, 9.17) is 15.3 Å². The van der Waals surface area contributed by atoms with Crippen molar-refractivity contribution in [3.8, 4) is 11.8 Å². The highest BCUT2D eigenvalue weighted by atomic mass is 16.6. The molecule has 1 aromatic carbocycles. The number of imidazole rings is 1. The minimum Gasteiger partial charge on any atom is -0.387 e. The minimum atomic E-state index is -1.46. The first-order chi connectivity index (χ1) is 16.3. The lowest BCUT2D eigenvalue weighted by atomic mass is 10.1. The fraction of sp³-hybridized carbons (Fsp3) is 0.286. The Balaban J connectivity index is 1.73. The Morgan fingerprint density at radius 2 is 1.91 bits per heavy atom. The number of carbonyl (C=O) groups is 2. The molecule has 3 aromatic rings. The number of aliphatic hydroxyl groups excluding tert-OH is 2. The molecule has 13 heteroatoms. The molecule has 0 aliphatic carbocycles. The summed E-state index contributed by atoms with van der Waals surface area (Å²) < 4.78 is 6.99. The Kier molecular flexibility index (Phi) is 6.39. The van der Waals surface area contributed by atoms with Gasteiger partial charge in [-0.3, -0.25) is 19.0 Å². The number of hydrogen-bond acceptors (Lipinski definition) is 10. The van der Waals surface area contributed by atoms with Gasteiger partial charge in [0.15, 0.2) is 29.3 Å². The molecule has 0 unspecified atom stereocenters. The standard InChI is InChI=1S/C21H21N7O6/c1-23-20(32)16-14(29)15(30)21(34-16)28-9-24-13-18(27-33-2)25-12(26-19(13)28)8-5-10-3-6-11(7-4-10)17(22)31/h3-4,6-7,9,14-16,21,29-30H,1-2H3,(H2,22,31)(H,23,32)(H,25,26,27)/t14-,15+,16-,21+/m1/s1. The van der Waals surface area contributed by atoms with Gasteiger partial charge >= 0.3 is 0 Å². The molecular weight excluding hydrogens is 446 g/mol. The highest BCUT2D eigenvalue weighted by Gasteiger charge is 2.47. The summed E-state index contributed by atoms with van der Waals surface area (Å²) in [6.07, 6.45) is -3.96. The van der Waals surface area contributed by atoms with Crippen LogP contribution in [0.1, 0.15) is 28.0 Å². The number of carbonyl (C=O) groups excluding carboxylic acids is 2. The number of likely N-dealkylation sites (N-methyl/N-ethyl adjacent to an activating group) is 1. The van der Waals surface area contributed by atoms with E-state index in [2.05, 4.69) is 37.6 Å². The molecule has 34 heavy (non-hydrogen) atoms. The van der Waals surface area contributed by atoms with Gasteiger partial charge in [0.05, 0.1) is 13.4 Å². The van der Waals surface area contributed by atoms with E-state index in [9.17, 15) is 19.8 Å². The molecule has 0 saturated carbocycles. The van der Waals surface area contributed by atoms with Crippen LogP contribution in [0.5, 0.6) is 0 Å². The van der Waals surface area contributed by atoms with Crippen LogP contribution in [0.3, 0.4) is 0 Å². The maximum Gasteiger partial charge on any atom is 0.251 e. The number of benzene rings is 1. The van der Waals surface area contributed by atoms with Gasteiger partial charge in [0.2, 0.25) is 11.7 Å². The SMILES string of the molecule is CNC(=O)[C@@H]1O[C@H](n2cnc3c(NOC)nc(C#Cc4ccc(C(N)=O)cc4)nc32)[C@@H](O)[C@H]1O. The number of nitrogens with one attached hydrogen (secondary N) is 2. The van der Waals surface area contributed by atoms with E-state index >= 15 is 0 Å². The first-order valence-corrected chi connectivity index (χ1v) is 10.0. The second-order valence-electron chi connectivity index (χ2n) is 7.26. The van der Waals surface area contributed by atoms with Crippen LogP contribution < -0.4 is 16.5 Å². The Hall–Kier alpha value is -4.09. The molecule has 2 amide bonds. The van der Waals surface area contributed by atoms with E-state index in [-0.39, 0.29) is 22.8 Å². The van der Waals surface area contributed by atoms with Crippen LogP contribution in [0.2, 0.25) is 0 Å². The summed E-state index contributed by atoms with van der Waals surface area (Å²) in [4.78, 5) is 41.1. The molecule has 0 bridgehead atoms. The predicted molar refractivity (Wildman–Crippen MR) is 117 cm³/mol. The summed E-state index contributed by atoms with van der Waals surface area (Å²) in [7, 11) is 2.79. The van der Waals surface area contributed by atoms with E-state index in [0.717, 1.165) is 0 Å². The molecule has 1 aliphatic heterocycles. The highest BCUT2D eigenvalue weighted by Crippen LogP contribution is 2.32. The zero-order chi connectivity index (χ0) is 24.4. The topological polar surface area (TPSA) is 187 Å². The van der Waals surface area contributed by atoms with Gasteiger partial charge in [0.1, 0.15) is 12.2 Å². The molecule has 1 aliphatic rings. The molecule has 1 fully saturated rings. The van der Waals surface area contributed by atoms with Gasteiger partial charge in [0.25, 0.3) is 5.91 Å². The van der Waals surface area contributed by atoms with Crippen LogP contribution in [-0.2, 0) is 14.4 Å². The molecule has 2 aromatic heterocycles. The fourth-order valence-corrected chi connectivity index (χ4v) is 3.42. The number of aromatic nitrogens is 4. The zero-order valence-corrected chi connectivity index (χ0v) is 18.1. The lowest BCUT2D eigenvalue weighted by molar-refractivity contribution is -0.137. The van der Waals surface area contributed by atoms with Crippen molar-refractivity contribution in [2.45, 2.75) is 24.5 Å². The molecule has 6 N–H and O–H groups in total. The summed E-state index contributed by atoms with van der Waals surface area (Å²) in [6.45, 7) is 0. The first-order valence-electron chi connectivity index (χ1n) is 10.0. The van der Waals surface area contributed by atoms with Gasteiger partial charge < -0.3 is 26.0 Å². The van der Waals surface area contributed by atoms with Gasteiger partial charge in [-0.1, -0.05) is 5.92 Å². The van der Waals surface area contributed by atoms with E-state index in [1.54, 1.807) is 24.3 Å². The monoisotopic (exact) mass is 467 g/mol. The summed E-state index contributed by atoms with van der Waals surface area (Å²) in [5.74, 6) is 4.88. The summed E-state index contributed by atoms with van der Waals surface area (Å²) >= 11 is 0. The Labute approximate surface area is 192 Å². The lowest BCUT2D eigenvalue weighted by Gasteiger charge is -2.16. The molecular formula is C21H21N7O6. The van der Waals surface area contributed by atoms with Crippen molar-refractivity contribution in [3.05, 3.63) is 47.5 Å². The number of ether oxygens (including phenoxy) is 1. The number of anilines is 1. The van der Waals surface area contributed by atoms with Crippen LogP contribution in [0.25, 0.3) is 11.2 Å². The number of aliphatic hydroxyl groups is 2. The quantitative estimate of drug-likeness (QED) is 0.222. The number of amides is 2. The molecule has 0 spiro atoms. The van der Waals surface area contributed by atoms with Crippen molar-refractivity contribution >= 4 is 28.8 Å². The average Bonchev–Trinajstić information content (AvgIpc) is 3.38. The lowest BCUT2D eigenvalue weighted by Crippen LogP contribution is -2.41. The maximum atomic E-state index is 12.0. The van der Waals surface area contributed by atoms with Crippen LogP contribution >= 0.6 is 0 Å². The Morgan fingerprint density at radius 1 is 1.18 bits per heavy atom. The number of nitrogens with zero attached hydrogens (tertiary/aromatic N) is 4. The van der Waals surface area contributed by atoms with E-state index in [0.29, 0.717) is 11.1 Å². The minimum absolute atomic E-state index is 0.0867. The number of nitrogens with two attached hydrogens (primary N) is 1. The second-order valence-corrected chi connectivity index (χ2v) is 7.26. The highest BCUT2D eigenvalue weighted by molar-refractivity contribution is 5.92. The molecule has 3 heterocycles. The van der Waals surface area contributed by atoms with Crippen LogP contribution in [-0.4, -0.2) is 74.0 Å². The van der Waals surface area contributed by atoms with Gasteiger partial charge in [0, 0.05) is 18.2 Å². The zero-order valence-electron chi connectivity index (χ0n) is 18.1. The van der Waals surface area contributed by atoms with Crippen molar-refractivity contribution in [3.63, 3.8) is 0 Å². The largest absolute Gasteiger partial charge is 0.387 e. The third-order valence-electron chi connectivity index (χ3n) is 5.13. The number of hydrogen-bond donors (Lipinski definition) is 5. The second kappa shape index (κ2) is 9.41. The third-order valence-corrected chi connectivity index (χ3v) is 5.13. The number of primary amides is 1. The van der Waals surface area contributed by atoms with Crippen molar-refractivity contribution in [1.82, 2.24) is 24.8 Å². The van der Waals surface area contributed by atoms with Gasteiger partial charge in [-0.05, 0) is 30.2 Å². The summed E-state index contributed by atoms with van der Waals surface area (Å²) in [5.41, 5.74) is 9.30. The van der Waals surface area contributed by atoms with Crippen molar-refractivity contribution in [2.24, 2.45) is 5.73 Å². The van der Waals surface area contributed by atoms with Gasteiger partial charge in [-0.15, -0.1) is 0 Å². The average molecular weight is 467 g/mol. The van der Waals surface area contributed by atoms with E-state index in [1.165, 1.54) is 25.1 Å². The first kappa shape index (κ1) is 23.1. The van der Waals surface area contributed by atoms with Crippen molar-refractivity contribution in [1.29, 1.82) is 0 Å². The van der Waals surface area contributed by atoms with E-state index in [1.807, 2.05) is 0 Å². The van der Waals surface area contributed by atoms with Crippen LogP contribution in [0.4, 0.5) is 5.82 Å². The Bertz CT molecular complexity index is 1300. The van der Waals surface area contributed by atoms with Crippen molar-refractivity contribution in [2.75, 3.05) is 19.6 Å². The smallest absolute Gasteiger partial charge is 0.251 e. The number of rotatable bonds is 5. The summed E-state index contributed by atoms with van der Waals surface area (Å²) in [5, 5.41) is 23.2. The van der Waals surface area contributed by atoms with E-state index < -0.39 is 36.4 Å². The van der Waals surface area contributed by atoms with Crippen LogP contribution in [0.15, 0.2) is 30.6 Å². The molecule has 0 radical (unpaired) electrons. The molecule has 176 valence electrons. The predicted octanol–water partition coefficient (Wildman–Crippen LogP) is -1.34. The van der Waals surface area contributed by atoms with Gasteiger partial charge in [-0.2, -0.15) is 4.98 Å². The Morgan fingerprint density at radius 3 is 2.56 bits per heavy atom.